The number of rotatable bonds is 7. The minimum atomic E-state index is -0.818. The molecule has 0 fully saturated rings. The first-order valence-corrected chi connectivity index (χ1v) is 6.99. The van der Waals surface area contributed by atoms with Gasteiger partial charge in [-0.05, 0) is 29.3 Å². The van der Waals surface area contributed by atoms with E-state index < -0.39 is 5.97 Å². The normalized spacial score (nSPS) is 10.4. The van der Waals surface area contributed by atoms with Crippen molar-refractivity contribution in [3.63, 3.8) is 0 Å². The Kier molecular flexibility index (Phi) is 5.64. The molecular formula is C17H17N3O2. The van der Waals surface area contributed by atoms with Crippen molar-refractivity contribution in [3.8, 4) is 6.07 Å². The quantitative estimate of drug-likeness (QED) is 0.849. The third-order valence-electron chi connectivity index (χ3n) is 3.23. The van der Waals surface area contributed by atoms with Gasteiger partial charge in [0.15, 0.2) is 0 Å². The standard InChI is InChI=1S/C17H17N3O2/c18-10-14-3-1-4-15(9-14)12-20(8-6-17(21)22)13-16-5-2-7-19-11-16/h1-5,7,9,11H,6,8,12-13H2,(H,21,22). The van der Waals surface area contributed by atoms with Gasteiger partial charge in [0.2, 0.25) is 0 Å². The van der Waals surface area contributed by atoms with E-state index in [4.69, 9.17) is 10.4 Å². The first-order chi connectivity index (χ1) is 10.7. The largest absolute Gasteiger partial charge is 0.481 e. The second-order valence-corrected chi connectivity index (χ2v) is 5.03. The Bertz CT molecular complexity index is 665. The number of aliphatic carboxylic acids is 1. The molecule has 0 amide bonds. The summed E-state index contributed by atoms with van der Waals surface area (Å²) in [4.78, 5) is 17.0. The molecule has 1 heterocycles. The second kappa shape index (κ2) is 7.91. The van der Waals surface area contributed by atoms with Crippen LogP contribution in [-0.4, -0.2) is 27.5 Å². The van der Waals surface area contributed by atoms with E-state index in [1.807, 2.05) is 35.2 Å². The lowest BCUT2D eigenvalue weighted by Gasteiger charge is -2.21. The van der Waals surface area contributed by atoms with E-state index in [0.29, 0.717) is 25.2 Å². The lowest BCUT2D eigenvalue weighted by molar-refractivity contribution is -0.137. The first kappa shape index (κ1) is 15.7. The first-order valence-electron chi connectivity index (χ1n) is 6.99. The molecule has 0 aliphatic heterocycles. The van der Waals surface area contributed by atoms with Crippen LogP contribution in [-0.2, 0) is 17.9 Å². The van der Waals surface area contributed by atoms with Gasteiger partial charge in [-0.25, -0.2) is 0 Å². The van der Waals surface area contributed by atoms with Crippen molar-refractivity contribution < 1.29 is 9.90 Å². The van der Waals surface area contributed by atoms with Crippen LogP contribution in [0.5, 0.6) is 0 Å². The Labute approximate surface area is 129 Å². The molecule has 5 nitrogen and oxygen atoms in total. The third kappa shape index (κ3) is 5.00. The molecule has 0 saturated carbocycles. The van der Waals surface area contributed by atoms with Crippen molar-refractivity contribution in [2.75, 3.05) is 6.54 Å². The molecule has 0 aliphatic carbocycles. The van der Waals surface area contributed by atoms with Gasteiger partial charge in [-0.2, -0.15) is 5.26 Å². The Morgan fingerprint density at radius 2 is 2.00 bits per heavy atom. The number of carbonyl (C=O) groups is 1. The van der Waals surface area contributed by atoms with Gasteiger partial charge in [-0.1, -0.05) is 18.2 Å². The van der Waals surface area contributed by atoms with Gasteiger partial charge in [0.1, 0.15) is 0 Å². The molecule has 0 unspecified atom stereocenters. The summed E-state index contributed by atoms with van der Waals surface area (Å²) in [5.41, 5.74) is 2.63. The summed E-state index contributed by atoms with van der Waals surface area (Å²) in [6, 6.07) is 13.3. The molecule has 2 rings (SSSR count). The van der Waals surface area contributed by atoms with Crippen molar-refractivity contribution in [2.45, 2.75) is 19.5 Å². The van der Waals surface area contributed by atoms with Crippen LogP contribution >= 0.6 is 0 Å². The second-order valence-electron chi connectivity index (χ2n) is 5.03. The maximum Gasteiger partial charge on any atom is 0.304 e. The van der Waals surface area contributed by atoms with Gasteiger partial charge in [-0.3, -0.25) is 14.7 Å². The fourth-order valence-corrected chi connectivity index (χ4v) is 2.22. The zero-order chi connectivity index (χ0) is 15.8. The maximum atomic E-state index is 10.8. The number of nitrogens with zero attached hydrogens (tertiary/aromatic N) is 3. The van der Waals surface area contributed by atoms with E-state index in [1.54, 1.807) is 18.5 Å². The number of nitriles is 1. The molecule has 1 N–H and O–H groups in total. The molecule has 0 radical (unpaired) electrons. The van der Waals surface area contributed by atoms with Gasteiger partial charge in [0, 0.05) is 32.0 Å². The molecule has 22 heavy (non-hydrogen) atoms. The summed E-state index contributed by atoms with van der Waals surface area (Å²) < 4.78 is 0. The van der Waals surface area contributed by atoms with Crippen molar-refractivity contribution >= 4 is 5.97 Å². The Morgan fingerprint density at radius 1 is 1.23 bits per heavy atom. The van der Waals surface area contributed by atoms with Crippen LogP contribution in [0.1, 0.15) is 23.1 Å². The van der Waals surface area contributed by atoms with Crippen LogP contribution in [0.4, 0.5) is 0 Å². The van der Waals surface area contributed by atoms with Crippen molar-refractivity contribution in [3.05, 3.63) is 65.5 Å². The highest BCUT2D eigenvalue weighted by Gasteiger charge is 2.10. The van der Waals surface area contributed by atoms with Crippen molar-refractivity contribution in [2.24, 2.45) is 0 Å². The highest BCUT2D eigenvalue weighted by Crippen LogP contribution is 2.11. The summed E-state index contributed by atoms with van der Waals surface area (Å²) in [5.74, 6) is -0.818. The van der Waals surface area contributed by atoms with E-state index in [1.165, 1.54) is 0 Å². The number of carboxylic acid groups (broad SMARTS) is 1. The average Bonchev–Trinajstić information content (AvgIpc) is 2.54. The van der Waals surface area contributed by atoms with E-state index in [2.05, 4.69) is 11.1 Å². The summed E-state index contributed by atoms with van der Waals surface area (Å²) in [6.07, 6.45) is 3.57. The smallest absolute Gasteiger partial charge is 0.304 e. The van der Waals surface area contributed by atoms with Gasteiger partial charge in [0.25, 0.3) is 0 Å². The van der Waals surface area contributed by atoms with Gasteiger partial charge < -0.3 is 5.11 Å². The minimum Gasteiger partial charge on any atom is -0.481 e. The number of hydrogen-bond acceptors (Lipinski definition) is 4. The molecule has 2 aromatic rings. The molecule has 0 spiro atoms. The van der Waals surface area contributed by atoms with E-state index in [-0.39, 0.29) is 6.42 Å². The fraction of sp³-hybridized carbons (Fsp3) is 0.235. The topological polar surface area (TPSA) is 77.2 Å². The summed E-state index contributed by atoms with van der Waals surface area (Å²) >= 11 is 0. The number of benzene rings is 1. The highest BCUT2D eigenvalue weighted by molar-refractivity contribution is 5.66. The molecule has 1 aromatic carbocycles. The van der Waals surface area contributed by atoms with Crippen LogP contribution in [0.15, 0.2) is 48.8 Å². The monoisotopic (exact) mass is 295 g/mol. The zero-order valence-corrected chi connectivity index (χ0v) is 12.1. The third-order valence-corrected chi connectivity index (χ3v) is 3.23. The van der Waals surface area contributed by atoms with E-state index >= 15 is 0 Å². The maximum absolute atomic E-state index is 10.8. The van der Waals surface area contributed by atoms with Gasteiger partial charge >= 0.3 is 5.97 Å². The molecule has 5 heteroatoms. The number of pyridine rings is 1. The summed E-state index contributed by atoms with van der Waals surface area (Å²) in [7, 11) is 0. The lowest BCUT2D eigenvalue weighted by Crippen LogP contribution is -2.25. The predicted molar refractivity (Wildman–Crippen MR) is 81.8 cm³/mol. The molecule has 0 saturated heterocycles. The summed E-state index contributed by atoms with van der Waals surface area (Å²) in [6.45, 7) is 1.66. The van der Waals surface area contributed by atoms with Crippen LogP contribution in [0, 0.1) is 11.3 Å². The van der Waals surface area contributed by atoms with Crippen LogP contribution in [0.2, 0.25) is 0 Å². The molecule has 112 valence electrons. The molecule has 0 bridgehead atoms. The molecule has 0 aliphatic rings. The predicted octanol–water partition coefficient (Wildman–Crippen LogP) is 2.43. The Morgan fingerprint density at radius 3 is 2.68 bits per heavy atom. The van der Waals surface area contributed by atoms with Gasteiger partial charge in [-0.15, -0.1) is 0 Å². The summed E-state index contributed by atoms with van der Waals surface area (Å²) in [5, 5.41) is 17.9. The molecule has 0 atom stereocenters. The lowest BCUT2D eigenvalue weighted by atomic mass is 10.1. The Hall–Kier alpha value is -2.71. The van der Waals surface area contributed by atoms with E-state index in [9.17, 15) is 4.79 Å². The van der Waals surface area contributed by atoms with Gasteiger partial charge in [0.05, 0.1) is 18.1 Å². The molecular weight excluding hydrogens is 278 g/mol. The zero-order valence-electron chi connectivity index (χ0n) is 12.1. The SMILES string of the molecule is N#Cc1cccc(CN(CCC(=O)O)Cc2cccnc2)c1. The van der Waals surface area contributed by atoms with Crippen molar-refractivity contribution in [1.29, 1.82) is 5.26 Å². The van der Waals surface area contributed by atoms with Crippen LogP contribution in [0.3, 0.4) is 0 Å². The highest BCUT2D eigenvalue weighted by atomic mass is 16.4. The van der Waals surface area contributed by atoms with Crippen molar-refractivity contribution in [1.82, 2.24) is 9.88 Å². The minimum absolute atomic E-state index is 0.0816. The molecule has 1 aromatic heterocycles. The fourth-order valence-electron chi connectivity index (χ4n) is 2.22. The average molecular weight is 295 g/mol. The Balaban J connectivity index is 2.09. The van der Waals surface area contributed by atoms with Crippen LogP contribution in [0.25, 0.3) is 0 Å². The van der Waals surface area contributed by atoms with Crippen LogP contribution < -0.4 is 0 Å². The number of hydrogen-bond donors (Lipinski definition) is 1. The number of aromatic nitrogens is 1. The van der Waals surface area contributed by atoms with E-state index in [0.717, 1.165) is 11.1 Å². The number of carboxylic acids is 1.